The number of hydrogen-bond donors (Lipinski definition) is 2. The summed E-state index contributed by atoms with van der Waals surface area (Å²) in [5.74, 6) is -0.0412. The molecule has 8 heteroatoms. The summed E-state index contributed by atoms with van der Waals surface area (Å²) < 4.78 is 0. The highest BCUT2D eigenvalue weighted by molar-refractivity contribution is 5.92. The van der Waals surface area contributed by atoms with Crippen LogP contribution in [0.1, 0.15) is 21.6 Å². The summed E-state index contributed by atoms with van der Waals surface area (Å²) in [5.41, 5.74) is 8.17. The van der Waals surface area contributed by atoms with E-state index in [1.807, 2.05) is 31.2 Å². The highest BCUT2D eigenvalue weighted by Crippen LogP contribution is 2.14. The quantitative estimate of drug-likeness (QED) is 0.724. The number of aryl methyl sites for hydroxylation is 1. The van der Waals surface area contributed by atoms with Gasteiger partial charge in [0, 0.05) is 11.1 Å². The van der Waals surface area contributed by atoms with Crippen molar-refractivity contribution in [1.29, 1.82) is 0 Å². The lowest BCUT2D eigenvalue weighted by atomic mass is 10.1. The van der Waals surface area contributed by atoms with Crippen LogP contribution in [-0.4, -0.2) is 36.3 Å². The number of rotatable bonds is 4. The van der Waals surface area contributed by atoms with Crippen molar-refractivity contribution < 1.29 is 4.79 Å². The molecule has 0 aliphatic carbocycles. The molecule has 1 amide bonds. The molecule has 0 saturated carbocycles. The first-order valence-corrected chi connectivity index (χ1v) is 6.30. The standard InChI is InChI=1S/C13H13N7O/c1-8-2-4-9(5-3-8)13-17-19-20(18-13)7-10-6-15-16-11(10)12(14)21/h2-6H,7H2,1H3,(H2,14,21)(H,15,16). The molecule has 2 heterocycles. The highest BCUT2D eigenvalue weighted by Gasteiger charge is 2.13. The summed E-state index contributed by atoms with van der Waals surface area (Å²) in [6, 6.07) is 7.83. The van der Waals surface area contributed by atoms with Gasteiger partial charge >= 0.3 is 0 Å². The van der Waals surface area contributed by atoms with Crippen LogP contribution in [0.2, 0.25) is 0 Å². The van der Waals surface area contributed by atoms with E-state index in [2.05, 4.69) is 25.6 Å². The predicted molar refractivity (Wildman–Crippen MR) is 74.2 cm³/mol. The largest absolute Gasteiger partial charge is 0.364 e. The van der Waals surface area contributed by atoms with Crippen LogP contribution in [0, 0.1) is 6.92 Å². The van der Waals surface area contributed by atoms with Gasteiger partial charge in [0.05, 0.1) is 12.7 Å². The van der Waals surface area contributed by atoms with Crippen LogP contribution >= 0.6 is 0 Å². The van der Waals surface area contributed by atoms with E-state index in [0.29, 0.717) is 11.4 Å². The lowest BCUT2D eigenvalue weighted by Gasteiger charge is -1.98. The average Bonchev–Trinajstić information content (AvgIpc) is 3.09. The molecular formula is C13H13N7O. The number of primary amides is 1. The number of carbonyl (C=O) groups excluding carboxylic acids is 1. The molecule has 1 aromatic carbocycles. The van der Waals surface area contributed by atoms with Crippen LogP contribution in [0.3, 0.4) is 0 Å². The van der Waals surface area contributed by atoms with Gasteiger partial charge in [0.25, 0.3) is 5.91 Å². The molecule has 0 spiro atoms. The van der Waals surface area contributed by atoms with Gasteiger partial charge in [-0.3, -0.25) is 9.89 Å². The van der Waals surface area contributed by atoms with E-state index in [9.17, 15) is 4.79 Å². The topological polar surface area (TPSA) is 115 Å². The Morgan fingerprint density at radius 3 is 2.81 bits per heavy atom. The van der Waals surface area contributed by atoms with Crippen molar-refractivity contribution in [2.24, 2.45) is 5.73 Å². The van der Waals surface area contributed by atoms with Crippen molar-refractivity contribution >= 4 is 5.91 Å². The van der Waals surface area contributed by atoms with Gasteiger partial charge < -0.3 is 5.73 Å². The molecule has 0 bridgehead atoms. The number of amides is 1. The first kappa shape index (κ1) is 13.0. The van der Waals surface area contributed by atoms with Crippen molar-refractivity contribution in [3.05, 3.63) is 47.3 Å². The Bertz CT molecular complexity index is 772. The molecular weight excluding hydrogens is 270 g/mol. The average molecular weight is 283 g/mol. The number of nitrogens with zero attached hydrogens (tertiary/aromatic N) is 5. The number of benzene rings is 1. The highest BCUT2D eigenvalue weighted by atomic mass is 16.1. The molecule has 21 heavy (non-hydrogen) atoms. The maximum Gasteiger partial charge on any atom is 0.267 e. The number of H-pyrrole nitrogens is 1. The maximum absolute atomic E-state index is 11.2. The molecule has 0 fully saturated rings. The molecule has 0 atom stereocenters. The number of nitrogens with two attached hydrogens (primary N) is 1. The lowest BCUT2D eigenvalue weighted by molar-refractivity contribution is 0.0994. The van der Waals surface area contributed by atoms with Crippen LogP contribution < -0.4 is 5.73 Å². The molecule has 8 nitrogen and oxygen atoms in total. The first-order chi connectivity index (χ1) is 10.1. The van der Waals surface area contributed by atoms with Gasteiger partial charge in [0.1, 0.15) is 5.69 Å². The third-order valence-corrected chi connectivity index (χ3v) is 3.04. The van der Waals surface area contributed by atoms with E-state index in [-0.39, 0.29) is 12.2 Å². The molecule has 0 aliphatic rings. The van der Waals surface area contributed by atoms with Gasteiger partial charge in [-0.25, -0.2) is 0 Å². The van der Waals surface area contributed by atoms with Gasteiger partial charge in [-0.05, 0) is 12.1 Å². The Morgan fingerprint density at radius 1 is 1.33 bits per heavy atom. The van der Waals surface area contributed by atoms with Crippen LogP contribution in [0.5, 0.6) is 0 Å². The van der Waals surface area contributed by atoms with Crippen molar-refractivity contribution in [1.82, 2.24) is 30.4 Å². The smallest absolute Gasteiger partial charge is 0.267 e. The van der Waals surface area contributed by atoms with E-state index < -0.39 is 5.91 Å². The van der Waals surface area contributed by atoms with Crippen molar-refractivity contribution in [3.63, 3.8) is 0 Å². The minimum atomic E-state index is -0.568. The zero-order valence-corrected chi connectivity index (χ0v) is 11.3. The lowest BCUT2D eigenvalue weighted by Crippen LogP contribution is -2.15. The van der Waals surface area contributed by atoms with E-state index in [1.165, 1.54) is 11.0 Å². The fourth-order valence-corrected chi connectivity index (χ4v) is 1.93. The van der Waals surface area contributed by atoms with Gasteiger partial charge in [0.2, 0.25) is 5.82 Å². The molecule has 0 saturated heterocycles. The van der Waals surface area contributed by atoms with E-state index >= 15 is 0 Å². The van der Waals surface area contributed by atoms with Crippen LogP contribution in [0.25, 0.3) is 11.4 Å². The number of tetrazole rings is 1. The van der Waals surface area contributed by atoms with Crippen molar-refractivity contribution in [3.8, 4) is 11.4 Å². The zero-order valence-electron chi connectivity index (χ0n) is 11.3. The number of carbonyl (C=O) groups is 1. The number of hydrogen-bond acceptors (Lipinski definition) is 5. The molecule has 0 unspecified atom stereocenters. The predicted octanol–water partition coefficient (Wildman–Crippen LogP) is 0.519. The Hall–Kier alpha value is -3.03. The normalized spacial score (nSPS) is 10.7. The third kappa shape index (κ3) is 2.64. The number of nitrogens with one attached hydrogen (secondary N) is 1. The minimum Gasteiger partial charge on any atom is -0.364 e. The monoisotopic (exact) mass is 283 g/mol. The fourth-order valence-electron chi connectivity index (χ4n) is 1.93. The third-order valence-electron chi connectivity index (χ3n) is 3.04. The Labute approximate surface area is 120 Å². The second kappa shape index (κ2) is 5.16. The molecule has 3 aromatic rings. The Morgan fingerprint density at radius 2 is 2.10 bits per heavy atom. The summed E-state index contributed by atoms with van der Waals surface area (Å²) in [6.45, 7) is 2.28. The molecule has 0 aliphatic heterocycles. The summed E-state index contributed by atoms with van der Waals surface area (Å²) in [4.78, 5) is 12.6. The molecule has 106 valence electrons. The molecule has 2 aromatic heterocycles. The number of aromatic nitrogens is 6. The van der Waals surface area contributed by atoms with E-state index in [0.717, 1.165) is 11.1 Å². The van der Waals surface area contributed by atoms with Crippen LogP contribution in [0.15, 0.2) is 30.5 Å². The van der Waals surface area contributed by atoms with Crippen molar-refractivity contribution in [2.45, 2.75) is 13.5 Å². The van der Waals surface area contributed by atoms with Crippen molar-refractivity contribution in [2.75, 3.05) is 0 Å². The zero-order chi connectivity index (χ0) is 14.8. The Balaban J connectivity index is 1.83. The second-order valence-corrected chi connectivity index (χ2v) is 4.64. The van der Waals surface area contributed by atoms with Gasteiger partial charge in [-0.1, -0.05) is 29.8 Å². The van der Waals surface area contributed by atoms with Gasteiger partial charge in [-0.2, -0.15) is 9.90 Å². The fraction of sp³-hybridized carbons (Fsp3) is 0.154. The van der Waals surface area contributed by atoms with E-state index in [1.54, 1.807) is 0 Å². The SMILES string of the molecule is Cc1ccc(-c2nnn(Cc3cn[nH]c3C(N)=O)n2)cc1. The Kier molecular flexibility index (Phi) is 3.19. The van der Waals surface area contributed by atoms with Crippen LogP contribution in [-0.2, 0) is 6.54 Å². The minimum absolute atomic E-state index is 0.254. The van der Waals surface area contributed by atoms with Gasteiger partial charge in [0.15, 0.2) is 0 Å². The molecule has 3 N–H and O–H groups in total. The summed E-state index contributed by atoms with van der Waals surface area (Å²) in [6.07, 6.45) is 1.52. The summed E-state index contributed by atoms with van der Waals surface area (Å²) >= 11 is 0. The van der Waals surface area contributed by atoms with E-state index in [4.69, 9.17) is 5.73 Å². The summed E-state index contributed by atoms with van der Waals surface area (Å²) in [5, 5.41) is 18.6. The second-order valence-electron chi connectivity index (χ2n) is 4.64. The molecule has 0 radical (unpaired) electrons. The van der Waals surface area contributed by atoms with Crippen LogP contribution in [0.4, 0.5) is 0 Å². The maximum atomic E-state index is 11.2. The summed E-state index contributed by atoms with van der Waals surface area (Å²) in [7, 11) is 0. The number of aromatic amines is 1. The molecule has 3 rings (SSSR count). The first-order valence-electron chi connectivity index (χ1n) is 6.30. The van der Waals surface area contributed by atoms with Gasteiger partial charge in [-0.15, -0.1) is 10.2 Å².